The maximum atomic E-state index is 14.3. The van der Waals surface area contributed by atoms with Crippen LogP contribution in [0.3, 0.4) is 0 Å². The lowest BCUT2D eigenvalue weighted by atomic mass is 10.1. The summed E-state index contributed by atoms with van der Waals surface area (Å²) in [5, 5.41) is 11.2. The van der Waals surface area contributed by atoms with Gasteiger partial charge in [0.1, 0.15) is 17.3 Å². The largest absolute Gasteiger partial charge is 0.494 e. The quantitative estimate of drug-likeness (QED) is 0.723. The van der Waals surface area contributed by atoms with E-state index in [1.54, 1.807) is 19.4 Å². The lowest BCUT2D eigenvalue weighted by Gasteiger charge is -2.18. The van der Waals surface area contributed by atoms with Gasteiger partial charge in [0.15, 0.2) is 0 Å². The van der Waals surface area contributed by atoms with E-state index in [9.17, 15) is 4.39 Å². The molecule has 2 N–H and O–H groups in total. The highest BCUT2D eigenvalue weighted by atomic mass is 19.1. The first kappa shape index (κ1) is 13.9. The van der Waals surface area contributed by atoms with Crippen LogP contribution in [0.4, 0.5) is 21.5 Å². The molecule has 6 heteroatoms. The zero-order valence-corrected chi connectivity index (χ0v) is 13.0. The third-order valence-corrected chi connectivity index (χ3v) is 4.05. The summed E-state index contributed by atoms with van der Waals surface area (Å²) in [6.07, 6.45) is 1.75. The second kappa shape index (κ2) is 5.15. The normalized spacial score (nSPS) is 13.4. The molecule has 118 valence electrons. The van der Waals surface area contributed by atoms with E-state index in [1.807, 2.05) is 19.1 Å². The van der Waals surface area contributed by atoms with E-state index in [2.05, 4.69) is 20.4 Å². The topological polar surface area (TPSA) is 52.9 Å². The number of aromatic nitrogens is 2. The van der Waals surface area contributed by atoms with Gasteiger partial charge in [-0.15, -0.1) is 0 Å². The Morgan fingerprint density at radius 1 is 1.30 bits per heavy atom. The van der Waals surface area contributed by atoms with E-state index in [1.165, 1.54) is 6.07 Å². The molecule has 0 saturated carbocycles. The molecular formula is C17H17FN4O. The molecule has 0 amide bonds. The van der Waals surface area contributed by atoms with Crippen LogP contribution in [0, 0.1) is 12.7 Å². The van der Waals surface area contributed by atoms with Gasteiger partial charge in [-0.25, -0.2) is 4.39 Å². The maximum Gasteiger partial charge on any atom is 0.146 e. The Hall–Kier alpha value is -2.76. The molecule has 1 aliphatic rings. The lowest BCUT2D eigenvalue weighted by molar-refractivity contribution is 0.417. The fourth-order valence-electron chi connectivity index (χ4n) is 2.78. The van der Waals surface area contributed by atoms with E-state index in [4.69, 9.17) is 4.74 Å². The molecule has 0 radical (unpaired) electrons. The molecule has 23 heavy (non-hydrogen) atoms. The molecule has 2 heterocycles. The molecule has 0 spiro atoms. The van der Waals surface area contributed by atoms with Gasteiger partial charge in [0.2, 0.25) is 0 Å². The van der Waals surface area contributed by atoms with Crippen molar-refractivity contribution in [2.45, 2.75) is 6.92 Å². The number of hydrogen-bond acceptors (Lipinski definition) is 4. The van der Waals surface area contributed by atoms with Gasteiger partial charge in [0, 0.05) is 24.5 Å². The molecule has 4 rings (SSSR count). The SMILES string of the molecule is COc1cc2[nH]ncc2c(Nc2ccc(C)cc2F)c1N1CC1. The highest BCUT2D eigenvalue weighted by molar-refractivity contribution is 6.03. The Labute approximate surface area is 133 Å². The number of methoxy groups -OCH3 is 1. The van der Waals surface area contributed by atoms with Crippen molar-refractivity contribution >= 4 is 28.0 Å². The number of aryl methyl sites for hydroxylation is 1. The van der Waals surface area contributed by atoms with Crippen molar-refractivity contribution in [3.63, 3.8) is 0 Å². The molecule has 0 unspecified atom stereocenters. The summed E-state index contributed by atoms with van der Waals surface area (Å²) in [4.78, 5) is 2.18. The second-order valence-corrected chi connectivity index (χ2v) is 5.73. The van der Waals surface area contributed by atoms with E-state index in [0.717, 1.165) is 46.7 Å². The Balaban J connectivity index is 1.90. The summed E-state index contributed by atoms with van der Waals surface area (Å²) in [5.41, 5.74) is 3.94. The number of halogens is 1. The highest BCUT2D eigenvalue weighted by Gasteiger charge is 2.27. The average Bonchev–Trinajstić information content (AvgIpc) is 3.26. The third kappa shape index (κ3) is 2.36. The van der Waals surface area contributed by atoms with Crippen LogP contribution >= 0.6 is 0 Å². The molecule has 5 nitrogen and oxygen atoms in total. The molecule has 0 aliphatic carbocycles. The van der Waals surface area contributed by atoms with Gasteiger partial charge in [0.05, 0.1) is 30.2 Å². The summed E-state index contributed by atoms with van der Waals surface area (Å²) in [6.45, 7) is 3.80. The van der Waals surface area contributed by atoms with Gasteiger partial charge in [0.25, 0.3) is 0 Å². The number of nitrogens with one attached hydrogen (secondary N) is 2. The van der Waals surface area contributed by atoms with Crippen molar-refractivity contribution in [3.05, 3.63) is 41.8 Å². The predicted octanol–water partition coefficient (Wildman–Crippen LogP) is 3.58. The number of aromatic amines is 1. The van der Waals surface area contributed by atoms with E-state index < -0.39 is 0 Å². The number of rotatable bonds is 4. The van der Waals surface area contributed by atoms with Crippen molar-refractivity contribution in [3.8, 4) is 5.75 Å². The molecule has 0 atom stereocenters. The molecule has 1 aliphatic heterocycles. The van der Waals surface area contributed by atoms with Crippen LogP contribution < -0.4 is 15.0 Å². The summed E-state index contributed by atoms with van der Waals surface area (Å²) in [7, 11) is 1.64. The number of ether oxygens (including phenoxy) is 1. The van der Waals surface area contributed by atoms with Gasteiger partial charge in [-0.05, 0) is 24.6 Å². The Bertz CT molecular complexity index is 886. The number of fused-ring (bicyclic) bond motifs is 1. The standard InChI is InChI=1S/C17H17FN4O/c1-10-3-4-13(12(18)7-10)20-16-11-9-19-21-14(11)8-15(23-2)17(16)22-5-6-22/h3-4,7-9,20H,5-6H2,1-2H3,(H,19,21). The molecule has 1 saturated heterocycles. The van der Waals surface area contributed by atoms with Crippen molar-refractivity contribution in [1.82, 2.24) is 10.2 Å². The first-order valence-electron chi connectivity index (χ1n) is 7.49. The molecule has 3 aromatic rings. The molecular weight excluding hydrogens is 295 g/mol. The molecule has 1 aromatic heterocycles. The van der Waals surface area contributed by atoms with Crippen molar-refractivity contribution in [2.75, 3.05) is 30.4 Å². The Morgan fingerprint density at radius 3 is 2.83 bits per heavy atom. The predicted molar refractivity (Wildman–Crippen MR) is 89.3 cm³/mol. The smallest absolute Gasteiger partial charge is 0.146 e. The number of anilines is 3. The maximum absolute atomic E-state index is 14.3. The van der Waals surface area contributed by atoms with Gasteiger partial charge < -0.3 is 15.0 Å². The highest BCUT2D eigenvalue weighted by Crippen LogP contribution is 2.45. The minimum Gasteiger partial charge on any atom is -0.494 e. The number of nitrogens with zero attached hydrogens (tertiary/aromatic N) is 2. The molecule has 1 fully saturated rings. The van der Waals surface area contributed by atoms with Crippen LogP contribution in [-0.4, -0.2) is 30.4 Å². The number of hydrogen-bond donors (Lipinski definition) is 2. The zero-order chi connectivity index (χ0) is 16.0. The zero-order valence-electron chi connectivity index (χ0n) is 13.0. The summed E-state index contributed by atoms with van der Waals surface area (Å²) in [5.74, 6) is 0.468. The number of H-pyrrole nitrogens is 1. The van der Waals surface area contributed by atoms with Gasteiger partial charge in [-0.2, -0.15) is 5.10 Å². The van der Waals surface area contributed by atoms with Gasteiger partial charge >= 0.3 is 0 Å². The van der Waals surface area contributed by atoms with Crippen LogP contribution in [0.25, 0.3) is 10.9 Å². The van der Waals surface area contributed by atoms with Crippen LogP contribution in [0.2, 0.25) is 0 Å². The minimum atomic E-state index is -0.277. The van der Waals surface area contributed by atoms with Crippen molar-refractivity contribution in [1.29, 1.82) is 0 Å². The lowest BCUT2D eigenvalue weighted by Crippen LogP contribution is -2.03. The monoisotopic (exact) mass is 312 g/mol. The Morgan fingerprint density at radius 2 is 2.13 bits per heavy atom. The van der Waals surface area contributed by atoms with Crippen molar-refractivity contribution in [2.24, 2.45) is 0 Å². The first-order valence-corrected chi connectivity index (χ1v) is 7.49. The minimum absolute atomic E-state index is 0.277. The second-order valence-electron chi connectivity index (χ2n) is 5.73. The van der Waals surface area contributed by atoms with E-state index in [-0.39, 0.29) is 5.82 Å². The van der Waals surface area contributed by atoms with Crippen molar-refractivity contribution < 1.29 is 9.13 Å². The van der Waals surface area contributed by atoms with Gasteiger partial charge in [-0.3, -0.25) is 5.10 Å². The van der Waals surface area contributed by atoms with Crippen LogP contribution in [-0.2, 0) is 0 Å². The fourth-order valence-corrected chi connectivity index (χ4v) is 2.78. The van der Waals surface area contributed by atoms with Crippen LogP contribution in [0.15, 0.2) is 30.5 Å². The molecule has 2 aromatic carbocycles. The van der Waals surface area contributed by atoms with E-state index >= 15 is 0 Å². The summed E-state index contributed by atoms with van der Waals surface area (Å²) in [6, 6.07) is 7.08. The van der Waals surface area contributed by atoms with Crippen LogP contribution in [0.1, 0.15) is 5.56 Å². The van der Waals surface area contributed by atoms with E-state index in [0.29, 0.717) is 5.69 Å². The Kier molecular flexibility index (Phi) is 3.11. The average molecular weight is 312 g/mol. The van der Waals surface area contributed by atoms with Gasteiger partial charge in [-0.1, -0.05) is 6.07 Å². The fraction of sp³-hybridized carbons (Fsp3) is 0.235. The third-order valence-electron chi connectivity index (χ3n) is 4.05. The first-order chi connectivity index (χ1) is 11.2. The summed E-state index contributed by atoms with van der Waals surface area (Å²) < 4.78 is 19.8. The number of benzene rings is 2. The molecule has 0 bridgehead atoms. The summed E-state index contributed by atoms with van der Waals surface area (Å²) >= 11 is 0. The van der Waals surface area contributed by atoms with Crippen LogP contribution in [0.5, 0.6) is 5.75 Å².